The zero-order chi connectivity index (χ0) is 19.7. The Kier molecular flexibility index (Phi) is 5.62. The molecule has 0 radical (unpaired) electrons. The zero-order valence-electron chi connectivity index (χ0n) is 16.0. The van der Waals surface area contributed by atoms with Crippen LogP contribution in [0.15, 0.2) is 18.2 Å². The lowest BCUT2D eigenvalue weighted by molar-refractivity contribution is -0.126. The number of hydrogen-bond acceptors (Lipinski definition) is 3. The Labute approximate surface area is 164 Å². The van der Waals surface area contributed by atoms with Crippen molar-refractivity contribution in [2.75, 3.05) is 26.2 Å². The second kappa shape index (κ2) is 8.15. The molecule has 0 atom stereocenters. The summed E-state index contributed by atoms with van der Waals surface area (Å²) in [6.45, 7) is 2.89. The molecule has 2 aliphatic heterocycles. The summed E-state index contributed by atoms with van der Waals surface area (Å²) in [7, 11) is 0. The third-order valence-corrected chi connectivity index (χ3v) is 6.25. The van der Waals surface area contributed by atoms with Gasteiger partial charge in [-0.05, 0) is 69.8 Å². The first-order valence-electron chi connectivity index (χ1n) is 10.3. The minimum atomic E-state index is -0.680. The fourth-order valence-corrected chi connectivity index (χ4v) is 4.34. The van der Waals surface area contributed by atoms with Crippen molar-refractivity contribution in [3.05, 3.63) is 35.4 Å². The van der Waals surface area contributed by atoms with Gasteiger partial charge in [0.1, 0.15) is 11.6 Å². The van der Waals surface area contributed by atoms with Crippen LogP contribution in [0.25, 0.3) is 0 Å². The van der Waals surface area contributed by atoms with E-state index in [2.05, 4.69) is 10.2 Å². The molecule has 28 heavy (non-hydrogen) atoms. The van der Waals surface area contributed by atoms with Crippen LogP contribution in [-0.4, -0.2) is 59.9 Å². The number of benzene rings is 1. The molecular formula is C21H27F2N3O2. The van der Waals surface area contributed by atoms with Gasteiger partial charge in [0.05, 0.1) is 5.56 Å². The number of rotatable bonds is 4. The standard InChI is InChI=1S/C21H27F2N3O2/c22-15-1-4-19(23)18(13-15)21(28)26-11-7-17(8-12-26)25-9-5-14(6-10-25)20(27)24-16-2-3-16/h1,4,13-14,16-17H,2-3,5-12H2,(H,24,27). The normalized spacial score (nSPS) is 22.3. The van der Waals surface area contributed by atoms with Crippen molar-refractivity contribution in [1.82, 2.24) is 15.1 Å². The molecule has 5 nitrogen and oxygen atoms in total. The van der Waals surface area contributed by atoms with Crippen LogP contribution in [0.2, 0.25) is 0 Å². The highest BCUT2D eigenvalue weighted by Gasteiger charge is 2.33. The van der Waals surface area contributed by atoms with Crippen LogP contribution < -0.4 is 5.32 Å². The quantitative estimate of drug-likeness (QED) is 0.858. The minimum Gasteiger partial charge on any atom is -0.353 e. The Morgan fingerprint density at radius 1 is 0.929 bits per heavy atom. The first kappa shape index (κ1) is 19.3. The van der Waals surface area contributed by atoms with Crippen molar-refractivity contribution in [3.63, 3.8) is 0 Å². The van der Waals surface area contributed by atoms with E-state index in [0.29, 0.717) is 25.2 Å². The van der Waals surface area contributed by atoms with Gasteiger partial charge in [0.2, 0.25) is 5.91 Å². The van der Waals surface area contributed by atoms with Crippen molar-refractivity contribution in [2.24, 2.45) is 5.92 Å². The largest absolute Gasteiger partial charge is 0.353 e. The summed E-state index contributed by atoms with van der Waals surface area (Å²) in [5.41, 5.74) is -0.194. The highest BCUT2D eigenvalue weighted by Crippen LogP contribution is 2.26. The second-order valence-electron chi connectivity index (χ2n) is 8.24. The summed E-state index contributed by atoms with van der Waals surface area (Å²) < 4.78 is 27.2. The average Bonchev–Trinajstić information content (AvgIpc) is 3.53. The highest BCUT2D eigenvalue weighted by atomic mass is 19.1. The maximum Gasteiger partial charge on any atom is 0.256 e. The van der Waals surface area contributed by atoms with Crippen molar-refractivity contribution < 1.29 is 18.4 Å². The molecule has 1 aromatic rings. The van der Waals surface area contributed by atoms with Gasteiger partial charge >= 0.3 is 0 Å². The lowest BCUT2D eigenvalue weighted by Gasteiger charge is -2.41. The van der Waals surface area contributed by atoms with Gasteiger partial charge in [-0.25, -0.2) is 8.78 Å². The van der Waals surface area contributed by atoms with E-state index >= 15 is 0 Å². The number of halogens is 2. The van der Waals surface area contributed by atoms with Crippen molar-refractivity contribution in [3.8, 4) is 0 Å². The van der Waals surface area contributed by atoms with Crippen LogP contribution in [0.3, 0.4) is 0 Å². The summed E-state index contributed by atoms with van der Waals surface area (Å²) >= 11 is 0. The van der Waals surface area contributed by atoms with Crippen LogP contribution in [0.5, 0.6) is 0 Å². The molecule has 2 amide bonds. The number of amides is 2. The van der Waals surface area contributed by atoms with Gasteiger partial charge in [-0.2, -0.15) is 0 Å². The zero-order valence-corrected chi connectivity index (χ0v) is 16.0. The SMILES string of the molecule is O=C(NC1CC1)C1CCN(C2CCN(C(=O)c3cc(F)ccc3F)CC2)CC1. The van der Waals surface area contributed by atoms with Gasteiger partial charge < -0.3 is 15.1 Å². The monoisotopic (exact) mass is 391 g/mol. The van der Waals surface area contributed by atoms with Crippen molar-refractivity contribution in [2.45, 2.75) is 50.6 Å². The molecule has 1 saturated carbocycles. The number of carbonyl (C=O) groups excluding carboxylic acids is 2. The molecule has 2 heterocycles. The topological polar surface area (TPSA) is 52.7 Å². The second-order valence-corrected chi connectivity index (χ2v) is 8.24. The molecule has 0 spiro atoms. The lowest BCUT2D eigenvalue weighted by Crippen LogP contribution is -2.50. The molecule has 3 aliphatic rings. The van der Waals surface area contributed by atoms with Gasteiger partial charge in [-0.1, -0.05) is 0 Å². The Bertz CT molecular complexity index is 737. The molecule has 1 aromatic carbocycles. The molecule has 1 aliphatic carbocycles. The van der Waals surface area contributed by atoms with E-state index in [1.807, 2.05) is 0 Å². The van der Waals surface area contributed by atoms with Crippen molar-refractivity contribution in [1.29, 1.82) is 0 Å². The molecule has 0 aromatic heterocycles. The Balaban J connectivity index is 1.26. The first-order chi connectivity index (χ1) is 13.5. The average molecular weight is 391 g/mol. The van der Waals surface area contributed by atoms with Gasteiger partial charge in [-0.3, -0.25) is 9.59 Å². The van der Waals surface area contributed by atoms with Crippen LogP contribution in [-0.2, 0) is 4.79 Å². The van der Waals surface area contributed by atoms with E-state index in [1.165, 1.54) is 0 Å². The predicted molar refractivity (Wildman–Crippen MR) is 101 cm³/mol. The molecule has 4 rings (SSSR count). The van der Waals surface area contributed by atoms with E-state index in [0.717, 1.165) is 69.8 Å². The number of piperidine rings is 2. The Hall–Kier alpha value is -2.02. The maximum atomic E-state index is 13.9. The van der Waals surface area contributed by atoms with Crippen LogP contribution >= 0.6 is 0 Å². The van der Waals surface area contributed by atoms with E-state index in [4.69, 9.17) is 0 Å². The van der Waals surface area contributed by atoms with Gasteiger partial charge in [0.25, 0.3) is 5.91 Å². The maximum absolute atomic E-state index is 13.9. The third-order valence-electron chi connectivity index (χ3n) is 6.25. The molecule has 2 saturated heterocycles. The summed E-state index contributed by atoms with van der Waals surface area (Å²) in [5.74, 6) is -1.40. The predicted octanol–water partition coefficient (Wildman–Crippen LogP) is 2.56. The van der Waals surface area contributed by atoms with E-state index in [-0.39, 0.29) is 17.4 Å². The lowest BCUT2D eigenvalue weighted by atomic mass is 9.92. The number of likely N-dealkylation sites (tertiary alicyclic amines) is 2. The third kappa shape index (κ3) is 4.35. The van der Waals surface area contributed by atoms with Crippen LogP contribution in [0.4, 0.5) is 8.78 Å². The summed E-state index contributed by atoms with van der Waals surface area (Å²) in [6.07, 6.45) is 5.63. The number of nitrogens with one attached hydrogen (secondary N) is 1. The molecule has 0 unspecified atom stereocenters. The van der Waals surface area contributed by atoms with E-state index in [1.54, 1.807) is 4.90 Å². The van der Waals surface area contributed by atoms with Gasteiger partial charge in [0.15, 0.2) is 0 Å². The summed E-state index contributed by atoms with van der Waals surface area (Å²) in [6, 6.07) is 3.79. The van der Waals surface area contributed by atoms with Crippen molar-refractivity contribution >= 4 is 11.8 Å². The highest BCUT2D eigenvalue weighted by molar-refractivity contribution is 5.94. The number of nitrogens with zero attached hydrogens (tertiary/aromatic N) is 2. The van der Waals surface area contributed by atoms with E-state index < -0.39 is 17.5 Å². The molecule has 152 valence electrons. The Morgan fingerprint density at radius 3 is 2.25 bits per heavy atom. The number of carbonyl (C=O) groups is 2. The summed E-state index contributed by atoms with van der Waals surface area (Å²) in [5, 5.41) is 3.10. The molecule has 1 N–H and O–H groups in total. The van der Waals surface area contributed by atoms with Gasteiger partial charge in [0, 0.05) is 31.1 Å². The molecule has 3 fully saturated rings. The Morgan fingerprint density at radius 2 is 1.61 bits per heavy atom. The fraction of sp³-hybridized carbons (Fsp3) is 0.619. The molecule has 0 bridgehead atoms. The smallest absolute Gasteiger partial charge is 0.256 e. The van der Waals surface area contributed by atoms with Crippen LogP contribution in [0.1, 0.15) is 48.9 Å². The number of hydrogen-bond donors (Lipinski definition) is 1. The summed E-state index contributed by atoms with van der Waals surface area (Å²) in [4.78, 5) is 28.8. The van der Waals surface area contributed by atoms with Gasteiger partial charge in [-0.15, -0.1) is 0 Å². The minimum absolute atomic E-state index is 0.120. The van der Waals surface area contributed by atoms with Crippen LogP contribution in [0, 0.1) is 17.6 Å². The fourth-order valence-electron chi connectivity index (χ4n) is 4.34. The van der Waals surface area contributed by atoms with E-state index in [9.17, 15) is 18.4 Å². The molecular weight excluding hydrogens is 364 g/mol. The molecule has 7 heteroatoms. The first-order valence-corrected chi connectivity index (χ1v) is 10.3.